The zero-order valence-electron chi connectivity index (χ0n) is 7.02. The predicted octanol–water partition coefficient (Wildman–Crippen LogP) is 1.71. The Bertz CT molecular complexity index is 140. The van der Waals surface area contributed by atoms with Crippen LogP contribution in [0.3, 0.4) is 0 Å². The maximum absolute atomic E-state index is 7.15. The van der Waals surface area contributed by atoms with Crippen molar-refractivity contribution in [3.8, 4) is 0 Å². The lowest BCUT2D eigenvalue weighted by Gasteiger charge is -2.28. The van der Waals surface area contributed by atoms with Gasteiger partial charge in [-0.3, -0.25) is 5.41 Å². The Morgan fingerprint density at radius 1 is 1.60 bits per heavy atom. The molecule has 0 aromatic heterocycles. The molecular weight excluding hydrogens is 124 g/mol. The van der Waals surface area contributed by atoms with Gasteiger partial charge in [0.25, 0.3) is 0 Å². The summed E-state index contributed by atoms with van der Waals surface area (Å²) in [6, 6.07) is 0. The van der Waals surface area contributed by atoms with Gasteiger partial charge in [0.2, 0.25) is 0 Å². The van der Waals surface area contributed by atoms with Crippen molar-refractivity contribution in [2.45, 2.75) is 32.7 Å². The Kier molecular flexibility index (Phi) is 1.71. The highest BCUT2D eigenvalue weighted by atomic mass is 15.2. The smallest absolute Gasteiger partial charge is 0.0821 e. The van der Waals surface area contributed by atoms with E-state index in [0.717, 1.165) is 12.5 Å². The minimum absolute atomic E-state index is 0.223. The summed E-state index contributed by atoms with van der Waals surface area (Å²) in [7, 11) is 0. The van der Waals surface area contributed by atoms with Gasteiger partial charge in [0, 0.05) is 12.1 Å². The fraction of sp³-hybridized carbons (Fsp3) is 0.875. The molecule has 1 atom stereocenters. The maximum Gasteiger partial charge on any atom is 0.0821 e. The van der Waals surface area contributed by atoms with Gasteiger partial charge in [0.15, 0.2) is 0 Å². The van der Waals surface area contributed by atoms with E-state index >= 15 is 0 Å². The van der Waals surface area contributed by atoms with Crippen molar-refractivity contribution in [2.75, 3.05) is 6.54 Å². The third kappa shape index (κ3) is 1.15. The molecular formula is C8H16N2. The van der Waals surface area contributed by atoms with Crippen molar-refractivity contribution in [2.24, 2.45) is 5.92 Å². The van der Waals surface area contributed by atoms with Gasteiger partial charge in [-0.2, -0.15) is 0 Å². The first-order valence-corrected chi connectivity index (χ1v) is 3.83. The quantitative estimate of drug-likeness (QED) is 0.435. The summed E-state index contributed by atoms with van der Waals surface area (Å²) in [5.74, 6) is 0.747. The summed E-state index contributed by atoms with van der Waals surface area (Å²) in [6.45, 7) is 7.69. The van der Waals surface area contributed by atoms with Crippen LogP contribution in [0.5, 0.6) is 0 Å². The van der Waals surface area contributed by atoms with E-state index in [9.17, 15) is 0 Å². The summed E-state index contributed by atoms with van der Waals surface area (Å²) in [5, 5.41) is 7.15. The minimum Gasteiger partial charge on any atom is -0.358 e. The molecule has 1 fully saturated rings. The fourth-order valence-corrected chi connectivity index (χ4v) is 1.84. The first kappa shape index (κ1) is 7.58. The van der Waals surface area contributed by atoms with E-state index < -0.39 is 0 Å². The molecule has 0 aromatic rings. The molecule has 0 unspecified atom stereocenters. The summed E-state index contributed by atoms with van der Waals surface area (Å²) in [4.78, 5) is 2.11. The van der Waals surface area contributed by atoms with E-state index in [1.54, 1.807) is 0 Å². The van der Waals surface area contributed by atoms with Gasteiger partial charge in [0.05, 0.1) is 6.34 Å². The molecule has 0 aliphatic carbocycles. The standard InChI is InChI=1S/C8H16N2/c1-7-4-8(2,3)10(5-7)6-9/h6-7,9H,4-5H2,1-3H3/t7-/m0/s1. The molecule has 0 amide bonds. The highest BCUT2D eigenvalue weighted by Crippen LogP contribution is 2.30. The molecule has 0 aromatic carbocycles. The Morgan fingerprint density at radius 3 is 2.40 bits per heavy atom. The topological polar surface area (TPSA) is 27.1 Å². The van der Waals surface area contributed by atoms with Crippen molar-refractivity contribution >= 4 is 6.34 Å². The molecule has 1 aliphatic rings. The predicted molar refractivity (Wildman–Crippen MR) is 43.3 cm³/mol. The van der Waals surface area contributed by atoms with Gasteiger partial charge in [-0.25, -0.2) is 0 Å². The zero-order chi connectivity index (χ0) is 7.78. The Hall–Kier alpha value is -0.530. The molecule has 0 saturated carbocycles. The number of likely N-dealkylation sites (tertiary alicyclic amines) is 1. The molecule has 1 N–H and O–H groups in total. The second-order valence-electron chi connectivity index (χ2n) is 3.90. The van der Waals surface area contributed by atoms with E-state index in [-0.39, 0.29) is 5.54 Å². The van der Waals surface area contributed by atoms with Gasteiger partial charge in [-0.1, -0.05) is 6.92 Å². The lowest BCUT2D eigenvalue weighted by atomic mass is 9.98. The lowest BCUT2D eigenvalue weighted by molar-refractivity contribution is 0.289. The van der Waals surface area contributed by atoms with Crippen LogP contribution in [0.4, 0.5) is 0 Å². The molecule has 1 aliphatic heterocycles. The van der Waals surface area contributed by atoms with Crippen molar-refractivity contribution in [1.82, 2.24) is 4.90 Å². The molecule has 1 rings (SSSR count). The summed E-state index contributed by atoms with van der Waals surface area (Å²) < 4.78 is 0. The number of hydrogen-bond acceptors (Lipinski definition) is 1. The normalized spacial score (nSPS) is 30.7. The second kappa shape index (κ2) is 2.26. The highest BCUT2D eigenvalue weighted by molar-refractivity contribution is 5.52. The van der Waals surface area contributed by atoms with Crippen LogP contribution in [0.2, 0.25) is 0 Å². The Balaban J connectivity index is 2.67. The van der Waals surface area contributed by atoms with Gasteiger partial charge in [-0.15, -0.1) is 0 Å². The van der Waals surface area contributed by atoms with Crippen LogP contribution >= 0.6 is 0 Å². The average Bonchev–Trinajstić information content (AvgIpc) is 2.04. The van der Waals surface area contributed by atoms with Gasteiger partial charge < -0.3 is 4.90 Å². The molecule has 10 heavy (non-hydrogen) atoms. The first-order chi connectivity index (χ1) is 4.56. The van der Waals surface area contributed by atoms with Crippen LogP contribution in [-0.2, 0) is 0 Å². The molecule has 58 valence electrons. The van der Waals surface area contributed by atoms with Crippen LogP contribution in [0, 0.1) is 11.3 Å². The van der Waals surface area contributed by atoms with Crippen LogP contribution in [0.25, 0.3) is 0 Å². The first-order valence-electron chi connectivity index (χ1n) is 3.83. The molecule has 0 radical (unpaired) electrons. The van der Waals surface area contributed by atoms with Crippen LogP contribution in [0.15, 0.2) is 0 Å². The lowest BCUT2D eigenvalue weighted by Crippen LogP contribution is -2.36. The monoisotopic (exact) mass is 140 g/mol. The minimum atomic E-state index is 0.223. The van der Waals surface area contributed by atoms with E-state index in [1.807, 2.05) is 0 Å². The van der Waals surface area contributed by atoms with Crippen LogP contribution in [0.1, 0.15) is 27.2 Å². The van der Waals surface area contributed by atoms with E-state index in [4.69, 9.17) is 5.41 Å². The maximum atomic E-state index is 7.15. The van der Waals surface area contributed by atoms with E-state index in [1.165, 1.54) is 12.8 Å². The molecule has 2 heteroatoms. The zero-order valence-corrected chi connectivity index (χ0v) is 7.02. The summed E-state index contributed by atoms with van der Waals surface area (Å²) >= 11 is 0. The van der Waals surface area contributed by atoms with Crippen LogP contribution in [-0.4, -0.2) is 23.3 Å². The van der Waals surface area contributed by atoms with Crippen LogP contribution < -0.4 is 0 Å². The summed E-state index contributed by atoms with van der Waals surface area (Å²) in [6.07, 6.45) is 2.67. The Labute approximate surface area is 62.7 Å². The third-order valence-corrected chi connectivity index (χ3v) is 2.29. The largest absolute Gasteiger partial charge is 0.358 e. The van der Waals surface area contributed by atoms with Crippen molar-refractivity contribution < 1.29 is 0 Å². The van der Waals surface area contributed by atoms with Gasteiger partial charge >= 0.3 is 0 Å². The van der Waals surface area contributed by atoms with Gasteiger partial charge in [0.1, 0.15) is 0 Å². The van der Waals surface area contributed by atoms with Crippen molar-refractivity contribution in [1.29, 1.82) is 5.41 Å². The summed E-state index contributed by atoms with van der Waals surface area (Å²) in [5.41, 5.74) is 0.223. The highest BCUT2D eigenvalue weighted by Gasteiger charge is 2.33. The van der Waals surface area contributed by atoms with Gasteiger partial charge in [-0.05, 0) is 26.2 Å². The Morgan fingerprint density at radius 2 is 2.20 bits per heavy atom. The number of hydrogen-bond donors (Lipinski definition) is 1. The van der Waals surface area contributed by atoms with E-state index in [2.05, 4.69) is 25.7 Å². The molecule has 0 bridgehead atoms. The fourth-order valence-electron chi connectivity index (χ4n) is 1.84. The molecule has 1 saturated heterocycles. The molecule has 2 nitrogen and oxygen atoms in total. The van der Waals surface area contributed by atoms with Crippen molar-refractivity contribution in [3.05, 3.63) is 0 Å². The molecule has 1 heterocycles. The second-order valence-corrected chi connectivity index (χ2v) is 3.90. The SMILES string of the molecule is C[C@@H]1CN(C=N)C(C)(C)C1. The third-order valence-electron chi connectivity index (χ3n) is 2.29. The number of nitrogens with one attached hydrogen (secondary N) is 1. The molecule has 0 spiro atoms. The number of nitrogens with zero attached hydrogens (tertiary/aromatic N) is 1. The van der Waals surface area contributed by atoms with Crippen molar-refractivity contribution in [3.63, 3.8) is 0 Å². The average molecular weight is 140 g/mol. The number of rotatable bonds is 1. The van der Waals surface area contributed by atoms with E-state index in [0.29, 0.717) is 0 Å².